The fraction of sp³-hybridized carbons (Fsp3) is 0.418. The molecular formula is C91H121B2BrN15Na2O18. The number of imidazole rings is 4. The topological polar surface area (TPSA) is 404 Å². The van der Waals surface area contributed by atoms with E-state index in [0.29, 0.717) is 63.8 Å². The van der Waals surface area contributed by atoms with E-state index in [1.165, 1.54) is 13.8 Å². The van der Waals surface area contributed by atoms with E-state index in [9.17, 15) is 28.8 Å². The van der Waals surface area contributed by atoms with Crippen molar-refractivity contribution in [3.05, 3.63) is 201 Å². The van der Waals surface area contributed by atoms with Crippen LogP contribution in [0.2, 0.25) is 0 Å². The summed E-state index contributed by atoms with van der Waals surface area (Å²) in [6.07, 6.45) is 21.4. The number of ketones is 2. The first-order valence-electron chi connectivity index (χ1n) is 41.3. The fourth-order valence-electron chi connectivity index (χ4n) is 14.6. The van der Waals surface area contributed by atoms with Crippen molar-refractivity contribution in [1.29, 1.82) is 0 Å². The number of Topliss-reactive ketones (excluding diaryl/α,β-unsaturated/α-hetero) is 2. The molecule has 33 nitrogen and oxygen atoms in total. The van der Waals surface area contributed by atoms with Crippen molar-refractivity contribution < 1.29 is 149 Å². The molecule has 683 valence electrons. The van der Waals surface area contributed by atoms with Gasteiger partial charge in [-0.3, -0.25) is 19.3 Å². The molecule has 0 aromatic carbocycles. The molecule has 0 aliphatic carbocycles. The Morgan fingerprint density at radius 2 is 0.876 bits per heavy atom. The number of esters is 4. The molecule has 7 N–H and O–H groups in total. The molecule has 3 radical (unpaired) electrons. The van der Waals surface area contributed by atoms with E-state index >= 15 is 0 Å². The summed E-state index contributed by atoms with van der Waals surface area (Å²) in [5, 5.41) is 10.6. The fourth-order valence-corrected chi connectivity index (χ4v) is 14.9. The molecule has 1 atom stereocenters. The maximum atomic E-state index is 12.8. The summed E-state index contributed by atoms with van der Waals surface area (Å²) in [6.45, 7) is 47.5. The van der Waals surface area contributed by atoms with E-state index in [0.717, 1.165) is 161 Å². The van der Waals surface area contributed by atoms with E-state index < -0.39 is 36.2 Å². The number of carboxylic acids is 1. The second-order valence-corrected chi connectivity index (χ2v) is 32.0. The molecule has 0 spiro atoms. The number of carboxylic acid groups (broad SMARTS) is 1. The van der Waals surface area contributed by atoms with Crippen molar-refractivity contribution >= 4 is 106 Å². The normalized spacial score (nSPS) is 14.4. The van der Waals surface area contributed by atoms with Crippen molar-refractivity contribution in [2.75, 3.05) is 92.1 Å². The molecule has 4 saturated heterocycles. The molecule has 12 aromatic rings. The van der Waals surface area contributed by atoms with E-state index in [4.69, 9.17) is 52.4 Å². The first kappa shape index (κ1) is 110. The second-order valence-electron chi connectivity index (χ2n) is 31.3. The largest absolute Gasteiger partial charge is 1.00 e. The number of nitrogens with zero attached hydrogens (tertiary/aromatic N) is 10. The number of hydrogen-bond donors (Lipinski definition) is 6. The smallest absolute Gasteiger partial charge is 1.00 e. The van der Waals surface area contributed by atoms with Crippen molar-refractivity contribution in [3.8, 4) is 34.2 Å². The van der Waals surface area contributed by atoms with Crippen LogP contribution in [0, 0.1) is 27.7 Å². The van der Waals surface area contributed by atoms with Gasteiger partial charge >= 0.3 is 90.1 Å². The number of nitrogens with one attached hydrogen (secondary N) is 5. The van der Waals surface area contributed by atoms with E-state index in [1.807, 2.05) is 124 Å². The first-order chi connectivity index (χ1) is 59.0. The molecule has 4 aliphatic heterocycles. The van der Waals surface area contributed by atoms with Crippen molar-refractivity contribution in [2.45, 2.75) is 162 Å². The number of aromatic amines is 4. The Morgan fingerprint density at radius 3 is 1.22 bits per heavy atom. The Labute approximate surface area is 810 Å². The number of hydrogen-bond acceptors (Lipinski definition) is 24. The van der Waals surface area contributed by atoms with Crippen LogP contribution in [0.5, 0.6) is 0 Å². The number of aliphatic carboxylic acids is 1. The molecule has 4 fully saturated rings. The van der Waals surface area contributed by atoms with Crippen molar-refractivity contribution in [3.63, 3.8) is 0 Å². The molecule has 16 rings (SSSR count). The number of aromatic nitrogens is 12. The minimum atomic E-state index is -0.833. The Kier molecular flexibility index (Phi) is 42.7. The number of pyridine rings is 4. The predicted octanol–water partition coefficient (Wildman–Crippen LogP) is 8.36. The van der Waals surface area contributed by atoms with Gasteiger partial charge in [0.1, 0.15) is 17.5 Å². The number of H-pyrrole nitrogens is 4. The van der Waals surface area contributed by atoms with Crippen LogP contribution in [0.1, 0.15) is 209 Å². The minimum Gasteiger partial charge on any atom is -1.00 e. The number of carbonyl (C=O) groups excluding carboxylic acids is 6. The minimum absolute atomic E-state index is 0. The number of ether oxygens (including phenoxy) is 7. The summed E-state index contributed by atoms with van der Waals surface area (Å²) in [5.41, 5.74) is 14.8. The maximum absolute atomic E-state index is 12.8. The van der Waals surface area contributed by atoms with Crippen LogP contribution in [0.3, 0.4) is 0 Å². The SMILES string of the molecule is Brc1ncc[nH]1.C.C1COCCN1.C=C(c1c(C)c(C(=O)OC(C)C)cc2cc(-c3ncc[nH]3)cn12)N1CCOCC1.CC(=O)O.CCOC(=O)c1cc2cc(-c3ncc[nH]3)cn2c(C(C)=O)c1C.CCOC(=O)c1cc2cc(B3OC(C)(C)C(C)(C)O3)cn2c(C(C)=O)c1C.Cc1c(C(=O)OC(C)C)cc2cc(-c3ncc[nH]3)cn2c1C(C)N1CCOCC1.[B].[H-].[HH].[Na+].[Na+].[OH-]. The van der Waals surface area contributed by atoms with Gasteiger partial charge in [0.05, 0.1) is 121 Å². The first-order valence-corrected chi connectivity index (χ1v) is 42.1. The Morgan fingerprint density at radius 1 is 0.527 bits per heavy atom. The third kappa shape index (κ3) is 27.5. The summed E-state index contributed by atoms with van der Waals surface area (Å²) in [7, 11) is -0.541. The van der Waals surface area contributed by atoms with Gasteiger partial charge in [0.25, 0.3) is 5.97 Å². The molecule has 16 heterocycles. The average molecular weight is 1860 g/mol. The second kappa shape index (κ2) is 50.1. The van der Waals surface area contributed by atoms with Gasteiger partial charge in [-0.1, -0.05) is 14.0 Å². The van der Waals surface area contributed by atoms with Crippen molar-refractivity contribution in [1.82, 2.24) is 72.6 Å². The van der Waals surface area contributed by atoms with E-state index in [1.54, 1.807) is 92.0 Å². The number of fused-ring (bicyclic) bond motifs is 4. The van der Waals surface area contributed by atoms with E-state index in [2.05, 4.69) is 105 Å². The van der Waals surface area contributed by atoms with Gasteiger partial charge in [-0.25, -0.2) is 39.1 Å². The summed E-state index contributed by atoms with van der Waals surface area (Å²) in [6, 6.07) is 15.3. The van der Waals surface area contributed by atoms with Crippen LogP contribution >= 0.6 is 15.9 Å². The molecule has 129 heavy (non-hydrogen) atoms. The van der Waals surface area contributed by atoms with Gasteiger partial charge in [0, 0.05) is 200 Å². The molecule has 0 amide bonds. The van der Waals surface area contributed by atoms with Crippen LogP contribution in [-0.4, -0.2) is 250 Å². The standard InChI is InChI=1S/C22H28N4O3.C22H26N4O3.C20H26BNO5.C17H17N3O3.C4H9NO.C3H3BrN2.C2H4O2.CH4.B.2Na.H2O.H2.H/c2*1-14(2)29-22(27)19-12-18-11-17(21-23-5-6-24-21)13-26(18)20(15(19)3)16(4)25-7-9-28-10-8-25;1-8-25-18(24)16-10-15-9-14(11-22(15)17(12(16)2)13(3)23)21-26-19(4,5)20(6,7)27-21;1-4-23-17(22)14-8-13-7-12(16-18-5-6-19-16)9-20(13)15(10(14)2)11(3)21;1-3-6-4-2-5-1;4-3-5-1-2-6-3;1-2(3)4;;;;;;;/h5-6,11-14,16H,7-10H2,1-4H3,(H,23,24);5-6,11-14H,4,7-10H2,1-3H3,(H,23,24);9-11H,8H2,1-7H3;5-9H,4H2,1-3H3,(H,18,19);5H,1-4H2;1-2H,(H,5,6);1H3,(H,3,4);1H4;;;;1H2;1H;/q;;;;;;;;;2*+1;;;-1/p-1. The van der Waals surface area contributed by atoms with Gasteiger partial charge < -0.3 is 102 Å². The van der Waals surface area contributed by atoms with Gasteiger partial charge in [-0.2, -0.15) is 0 Å². The maximum Gasteiger partial charge on any atom is 1.00 e. The number of rotatable bonds is 18. The zero-order valence-electron chi connectivity index (χ0n) is 77.8. The summed E-state index contributed by atoms with van der Waals surface area (Å²) in [5.74, 6) is -0.233. The third-order valence-electron chi connectivity index (χ3n) is 21.2. The Balaban J connectivity index is 0.000000418. The van der Waals surface area contributed by atoms with E-state index in [-0.39, 0.29) is 138 Å². The summed E-state index contributed by atoms with van der Waals surface area (Å²) in [4.78, 5) is 117. The monoisotopic (exact) mass is 1860 g/mol. The quantitative estimate of drug-likeness (QED) is 0.0203. The molecule has 4 aliphatic rings. The van der Waals surface area contributed by atoms with Crippen LogP contribution in [0.4, 0.5) is 0 Å². The predicted molar refractivity (Wildman–Crippen MR) is 493 cm³/mol. The molecule has 12 aromatic heterocycles. The van der Waals surface area contributed by atoms with Crippen LogP contribution < -0.4 is 69.9 Å². The third-order valence-corrected chi connectivity index (χ3v) is 21.7. The Hall–Kier alpha value is -9.60. The molecule has 0 bridgehead atoms. The van der Waals surface area contributed by atoms with Crippen LogP contribution in [0.25, 0.3) is 61.9 Å². The average Bonchev–Trinajstić information content (AvgIpc) is 0.973. The summed E-state index contributed by atoms with van der Waals surface area (Å²) >= 11 is 3.11. The van der Waals surface area contributed by atoms with Crippen LogP contribution in [-0.2, 0) is 47.3 Å². The van der Waals surface area contributed by atoms with Gasteiger partial charge in [-0.05, 0) is 191 Å². The summed E-state index contributed by atoms with van der Waals surface area (Å²) < 4.78 is 58.1. The van der Waals surface area contributed by atoms with Gasteiger partial charge in [-0.15, -0.1) is 0 Å². The van der Waals surface area contributed by atoms with Gasteiger partial charge in [0.2, 0.25) is 0 Å². The molecule has 38 heteroatoms. The molecule has 0 saturated carbocycles. The number of morpholine rings is 3. The van der Waals surface area contributed by atoms with Crippen molar-refractivity contribution in [2.24, 2.45) is 0 Å². The number of halogens is 1. The molecule has 1 unspecified atom stereocenters. The molecular weight excluding hydrogens is 1740 g/mol. The Bertz CT molecular complexity index is 5700. The number of carbonyl (C=O) groups is 7. The van der Waals surface area contributed by atoms with Gasteiger partial charge in [0.15, 0.2) is 16.3 Å². The zero-order valence-corrected chi connectivity index (χ0v) is 82.4. The zero-order chi connectivity index (χ0) is 90.0. The van der Waals surface area contributed by atoms with Crippen LogP contribution in [0.15, 0.2) is 134 Å².